The standard InChI is InChI=1S/C16H10BrN3O2S/c17-11-5-3-4-10(8-11)15-20-19-14(22-15)9-23-16-18-12-6-1-2-7-13(12)21-16/h1-8H,9H2. The minimum Gasteiger partial charge on any atom is -0.431 e. The monoisotopic (exact) mass is 387 g/mol. The van der Waals surface area contributed by atoms with Gasteiger partial charge in [0.1, 0.15) is 5.52 Å². The smallest absolute Gasteiger partial charge is 0.257 e. The Kier molecular flexibility index (Phi) is 3.88. The molecule has 0 bridgehead atoms. The number of halogens is 1. The average Bonchev–Trinajstić information content (AvgIpc) is 3.19. The predicted octanol–water partition coefficient (Wildman–Crippen LogP) is 4.93. The Hall–Kier alpha value is -2.12. The molecular weight excluding hydrogens is 378 g/mol. The molecule has 7 heteroatoms. The number of rotatable bonds is 4. The molecule has 4 aromatic rings. The van der Waals surface area contributed by atoms with Crippen LogP contribution >= 0.6 is 27.7 Å². The van der Waals surface area contributed by atoms with Gasteiger partial charge in [-0.3, -0.25) is 0 Å². The van der Waals surface area contributed by atoms with E-state index in [9.17, 15) is 0 Å². The van der Waals surface area contributed by atoms with Gasteiger partial charge in [0.25, 0.3) is 5.22 Å². The fourth-order valence-electron chi connectivity index (χ4n) is 2.09. The van der Waals surface area contributed by atoms with Crippen molar-refractivity contribution in [2.45, 2.75) is 11.0 Å². The van der Waals surface area contributed by atoms with Crippen LogP contribution in [0.15, 0.2) is 67.1 Å². The van der Waals surface area contributed by atoms with E-state index in [1.54, 1.807) is 0 Å². The minimum absolute atomic E-state index is 0.500. The van der Waals surface area contributed by atoms with E-state index in [2.05, 4.69) is 31.1 Å². The average molecular weight is 388 g/mol. The van der Waals surface area contributed by atoms with Crippen molar-refractivity contribution < 1.29 is 8.83 Å². The third-order valence-electron chi connectivity index (χ3n) is 3.13. The molecule has 0 saturated carbocycles. The number of benzene rings is 2. The largest absolute Gasteiger partial charge is 0.431 e. The van der Waals surface area contributed by atoms with E-state index in [-0.39, 0.29) is 0 Å². The molecule has 0 amide bonds. The molecule has 0 saturated heterocycles. The highest BCUT2D eigenvalue weighted by molar-refractivity contribution is 9.10. The maximum absolute atomic E-state index is 5.69. The van der Waals surface area contributed by atoms with Crippen molar-refractivity contribution >= 4 is 38.8 Å². The maximum Gasteiger partial charge on any atom is 0.257 e. The summed E-state index contributed by atoms with van der Waals surface area (Å²) in [7, 11) is 0. The first kappa shape index (κ1) is 14.5. The first-order chi connectivity index (χ1) is 11.3. The maximum atomic E-state index is 5.69. The van der Waals surface area contributed by atoms with Gasteiger partial charge in [-0.15, -0.1) is 10.2 Å². The molecule has 2 heterocycles. The van der Waals surface area contributed by atoms with Gasteiger partial charge in [-0.2, -0.15) is 0 Å². The lowest BCUT2D eigenvalue weighted by molar-refractivity contribution is 0.486. The van der Waals surface area contributed by atoms with E-state index >= 15 is 0 Å². The second kappa shape index (κ2) is 6.17. The molecule has 114 valence electrons. The molecule has 23 heavy (non-hydrogen) atoms. The number of fused-ring (bicyclic) bond motifs is 1. The molecule has 0 aliphatic carbocycles. The fraction of sp³-hybridized carbons (Fsp3) is 0.0625. The Balaban J connectivity index is 1.49. The van der Waals surface area contributed by atoms with Crippen molar-refractivity contribution in [1.29, 1.82) is 0 Å². The predicted molar refractivity (Wildman–Crippen MR) is 91.0 cm³/mol. The second-order valence-corrected chi connectivity index (χ2v) is 6.59. The Bertz CT molecular complexity index is 934. The van der Waals surface area contributed by atoms with Crippen LogP contribution in [0, 0.1) is 0 Å². The molecule has 2 aromatic carbocycles. The molecule has 0 unspecified atom stereocenters. The molecule has 5 nitrogen and oxygen atoms in total. The Morgan fingerprint density at radius 1 is 1.00 bits per heavy atom. The zero-order chi connectivity index (χ0) is 15.6. The van der Waals surface area contributed by atoms with Crippen LogP contribution in [0.1, 0.15) is 5.89 Å². The van der Waals surface area contributed by atoms with Gasteiger partial charge in [-0.25, -0.2) is 4.98 Å². The highest BCUT2D eigenvalue weighted by atomic mass is 79.9. The molecule has 0 spiro atoms. The number of para-hydroxylation sites is 2. The van der Waals surface area contributed by atoms with Gasteiger partial charge in [0.05, 0.1) is 5.75 Å². The number of hydrogen-bond acceptors (Lipinski definition) is 6. The number of thioether (sulfide) groups is 1. The minimum atomic E-state index is 0.500. The topological polar surface area (TPSA) is 65.0 Å². The molecular formula is C16H10BrN3O2S. The molecule has 0 atom stereocenters. The van der Waals surface area contributed by atoms with Gasteiger partial charge in [0, 0.05) is 10.0 Å². The van der Waals surface area contributed by atoms with E-state index < -0.39 is 0 Å². The lowest BCUT2D eigenvalue weighted by Crippen LogP contribution is -1.80. The summed E-state index contributed by atoms with van der Waals surface area (Å²) in [5.74, 6) is 1.54. The number of aromatic nitrogens is 3. The third kappa shape index (κ3) is 3.16. The number of hydrogen-bond donors (Lipinski definition) is 0. The van der Waals surface area contributed by atoms with Crippen LogP contribution in [0.2, 0.25) is 0 Å². The second-order valence-electron chi connectivity index (χ2n) is 4.75. The molecule has 0 radical (unpaired) electrons. The van der Waals surface area contributed by atoms with Crippen LogP contribution in [0.5, 0.6) is 0 Å². The fourth-order valence-corrected chi connectivity index (χ4v) is 3.16. The summed E-state index contributed by atoms with van der Waals surface area (Å²) in [5.41, 5.74) is 2.50. The van der Waals surface area contributed by atoms with Crippen molar-refractivity contribution in [2.75, 3.05) is 0 Å². The van der Waals surface area contributed by atoms with Crippen LogP contribution in [-0.2, 0) is 5.75 Å². The summed E-state index contributed by atoms with van der Waals surface area (Å²) >= 11 is 4.86. The number of nitrogens with zero attached hydrogens (tertiary/aromatic N) is 3. The Labute approximate surface area is 144 Å². The first-order valence-corrected chi connectivity index (χ1v) is 8.62. The highest BCUT2D eigenvalue weighted by Crippen LogP contribution is 2.27. The van der Waals surface area contributed by atoms with Gasteiger partial charge >= 0.3 is 0 Å². The van der Waals surface area contributed by atoms with E-state index in [4.69, 9.17) is 8.83 Å². The molecule has 2 aromatic heterocycles. The van der Waals surface area contributed by atoms with Crippen molar-refractivity contribution in [2.24, 2.45) is 0 Å². The third-order valence-corrected chi connectivity index (χ3v) is 4.44. The van der Waals surface area contributed by atoms with E-state index in [0.717, 1.165) is 21.1 Å². The summed E-state index contributed by atoms with van der Waals surface area (Å²) in [4.78, 5) is 4.40. The Morgan fingerprint density at radius 3 is 2.78 bits per heavy atom. The SMILES string of the molecule is Brc1cccc(-c2nnc(CSc3nc4ccccc4o3)o2)c1. The van der Waals surface area contributed by atoms with Gasteiger partial charge < -0.3 is 8.83 Å². The zero-order valence-electron chi connectivity index (χ0n) is 11.8. The quantitative estimate of drug-likeness (QED) is 0.462. The van der Waals surface area contributed by atoms with E-state index in [1.807, 2.05) is 48.5 Å². The van der Waals surface area contributed by atoms with Crippen LogP contribution in [-0.4, -0.2) is 15.2 Å². The molecule has 0 aliphatic rings. The lowest BCUT2D eigenvalue weighted by Gasteiger charge is -1.95. The van der Waals surface area contributed by atoms with Crippen LogP contribution < -0.4 is 0 Å². The highest BCUT2D eigenvalue weighted by Gasteiger charge is 2.11. The van der Waals surface area contributed by atoms with Gasteiger partial charge in [0.15, 0.2) is 5.58 Å². The van der Waals surface area contributed by atoms with Gasteiger partial charge in [-0.05, 0) is 30.3 Å². The van der Waals surface area contributed by atoms with Crippen molar-refractivity contribution in [1.82, 2.24) is 15.2 Å². The van der Waals surface area contributed by atoms with Crippen LogP contribution in [0.4, 0.5) is 0 Å². The molecule has 0 N–H and O–H groups in total. The summed E-state index contributed by atoms with van der Waals surface area (Å²) < 4.78 is 12.3. The van der Waals surface area contributed by atoms with E-state index in [1.165, 1.54) is 11.8 Å². The Morgan fingerprint density at radius 2 is 1.91 bits per heavy atom. The molecule has 4 rings (SSSR count). The lowest BCUT2D eigenvalue weighted by atomic mass is 10.2. The number of oxazole rings is 1. The van der Waals surface area contributed by atoms with Crippen LogP contribution in [0.25, 0.3) is 22.6 Å². The van der Waals surface area contributed by atoms with Crippen LogP contribution in [0.3, 0.4) is 0 Å². The zero-order valence-corrected chi connectivity index (χ0v) is 14.2. The van der Waals surface area contributed by atoms with Crippen molar-refractivity contribution in [3.8, 4) is 11.5 Å². The van der Waals surface area contributed by atoms with Gasteiger partial charge in [-0.1, -0.05) is 45.9 Å². The van der Waals surface area contributed by atoms with E-state index in [0.29, 0.717) is 22.8 Å². The molecule has 0 fully saturated rings. The summed E-state index contributed by atoms with van der Waals surface area (Å²) in [6.07, 6.45) is 0. The summed E-state index contributed by atoms with van der Waals surface area (Å²) in [6, 6.07) is 15.4. The molecule has 0 aliphatic heterocycles. The summed E-state index contributed by atoms with van der Waals surface area (Å²) in [6.45, 7) is 0. The van der Waals surface area contributed by atoms with Crippen molar-refractivity contribution in [3.63, 3.8) is 0 Å². The summed E-state index contributed by atoms with van der Waals surface area (Å²) in [5, 5.41) is 8.74. The first-order valence-electron chi connectivity index (χ1n) is 6.84. The normalized spacial score (nSPS) is 11.2. The van der Waals surface area contributed by atoms with Gasteiger partial charge in [0.2, 0.25) is 11.8 Å². The van der Waals surface area contributed by atoms with Crippen molar-refractivity contribution in [3.05, 3.63) is 58.9 Å².